The Morgan fingerprint density at radius 3 is 0.695 bits per heavy atom. The molecule has 0 fully saturated rings. The Hall–Kier alpha value is -2.63. The van der Waals surface area contributed by atoms with Gasteiger partial charge in [-0.05, 0) is 83.5 Å². The Morgan fingerprint density at radius 1 is 0.244 bits per heavy atom. The van der Waals surface area contributed by atoms with E-state index in [1.54, 1.807) is 0 Å². The molecule has 0 spiro atoms. The number of rotatable bonds is 68. The van der Waals surface area contributed by atoms with Crippen LogP contribution in [-0.4, -0.2) is 37.2 Å². The molecule has 0 aliphatic rings. The Labute approximate surface area is 511 Å². The zero-order chi connectivity index (χ0) is 59.2. The number of hydrogen-bond acceptors (Lipinski definition) is 6. The molecule has 0 saturated heterocycles. The third kappa shape index (κ3) is 68.2. The first kappa shape index (κ1) is 79.4. The van der Waals surface area contributed by atoms with Crippen LogP contribution < -0.4 is 0 Å². The van der Waals surface area contributed by atoms with Gasteiger partial charge < -0.3 is 14.2 Å². The molecule has 0 aromatic heterocycles. The van der Waals surface area contributed by atoms with Gasteiger partial charge in [-0.1, -0.05) is 345 Å². The molecule has 1 atom stereocenters. The fraction of sp³-hybridized carbons (Fsp3) is 0.855. The van der Waals surface area contributed by atoms with Crippen molar-refractivity contribution < 1.29 is 28.6 Å². The Balaban J connectivity index is 3.97. The summed E-state index contributed by atoms with van der Waals surface area (Å²) in [6, 6.07) is 0. The molecule has 6 heteroatoms. The Kier molecular flexibility index (Phi) is 68.6. The van der Waals surface area contributed by atoms with E-state index in [2.05, 4.69) is 69.4 Å². The molecule has 480 valence electrons. The highest BCUT2D eigenvalue weighted by atomic mass is 16.6. The molecule has 0 aliphatic carbocycles. The van der Waals surface area contributed by atoms with Crippen LogP contribution in [0.4, 0.5) is 0 Å². The lowest BCUT2D eigenvalue weighted by atomic mass is 10.0. The van der Waals surface area contributed by atoms with Gasteiger partial charge in [0.2, 0.25) is 0 Å². The number of esters is 3. The van der Waals surface area contributed by atoms with Gasteiger partial charge >= 0.3 is 17.9 Å². The van der Waals surface area contributed by atoms with E-state index in [1.165, 1.54) is 289 Å². The molecule has 0 aromatic rings. The second-order valence-corrected chi connectivity index (χ2v) is 24.9. The lowest BCUT2D eigenvalue weighted by molar-refractivity contribution is -0.167. The topological polar surface area (TPSA) is 78.9 Å². The fourth-order valence-electron chi connectivity index (χ4n) is 11.0. The highest BCUT2D eigenvalue weighted by molar-refractivity contribution is 5.71. The molecule has 0 rings (SSSR count). The van der Waals surface area contributed by atoms with E-state index in [9.17, 15) is 14.4 Å². The van der Waals surface area contributed by atoms with E-state index in [0.29, 0.717) is 19.3 Å². The Bertz CT molecular complexity index is 1410. The van der Waals surface area contributed by atoms with Crippen molar-refractivity contribution in [2.75, 3.05) is 13.2 Å². The highest BCUT2D eigenvalue weighted by Crippen LogP contribution is 2.18. The van der Waals surface area contributed by atoms with Crippen molar-refractivity contribution in [2.24, 2.45) is 0 Å². The molecule has 0 aliphatic heterocycles. The number of ether oxygens (including phenoxy) is 3. The summed E-state index contributed by atoms with van der Waals surface area (Å²) in [5.41, 5.74) is 0. The summed E-state index contributed by atoms with van der Waals surface area (Å²) in [5.74, 6) is -0.854. The van der Waals surface area contributed by atoms with Gasteiger partial charge in [-0.2, -0.15) is 0 Å². The van der Waals surface area contributed by atoms with Crippen LogP contribution in [0.3, 0.4) is 0 Å². The van der Waals surface area contributed by atoms with Gasteiger partial charge in [0.15, 0.2) is 6.10 Å². The number of carbonyl (C=O) groups excluding carboxylic acids is 3. The average Bonchev–Trinajstić information content (AvgIpc) is 3.47. The summed E-state index contributed by atoms with van der Waals surface area (Å²) in [4.78, 5) is 38.1. The van der Waals surface area contributed by atoms with Crippen LogP contribution in [0.25, 0.3) is 0 Å². The second kappa shape index (κ2) is 70.9. The summed E-state index contributed by atoms with van der Waals surface area (Å²) in [5, 5.41) is 0. The molecule has 0 aromatic carbocycles. The predicted molar refractivity (Wildman–Crippen MR) is 358 cm³/mol. The van der Waals surface area contributed by atoms with E-state index in [1.807, 2.05) is 0 Å². The van der Waals surface area contributed by atoms with Crippen molar-refractivity contribution >= 4 is 17.9 Å². The minimum atomic E-state index is -0.769. The molecule has 6 nitrogen and oxygen atoms in total. The number of hydrogen-bond donors (Lipinski definition) is 0. The van der Waals surface area contributed by atoms with E-state index in [4.69, 9.17) is 14.2 Å². The molecule has 0 bridgehead atoms. The number of allylic oxidation sites excluding steroid dienone is 8. The normalized spacial score (nSPS) is 12.3. The van der Waals surface area contributed by atoms with Crippen molar-refractivity contribution in [1.82, 2.24) is 0 Å². The third-order valence-corrected chi connectivity index (χ3v) is 16.6. The first-order valence-electron chi connectivity index (χ1n) is 36.6. The second-order valence-electron chi connectivity index (χ2n) is 24.9. The maximum Gasteiger partial charge on any atom is 0.306 e. The van der Waals surface area contributed by atoms with Crippen molar-refractivity contribution in [1.29, 1.82) is 0 Å². The Morgan fingerprint density at radius 2 is 0.439 bits per heavy atom. The SMILES string of the molecule is CCCCCCC/C=C\C/C=C\C/C=C\CCCCCCCCCCCCCCCCC(=O)OCC(COC(=O)CCCCCCCC)OC(=O)CCCCCCCCCCCCCCCCCCC/C=C\CCCCCCCCCC. The summed E-state index contributed by atoms with van der Waals surface area (Å²) >= 11 is 0. The molecule has 1 unspecified atom stereocenters. The number of carbonyl (C=O) groups is 3. The first-order chi connectivity index (χ1) is 40.5. The summed E-state index contributed by atoms with van der Waals surface area (Å²) < 4.78 is 16.9. The highest BCUT2D eigenvalue weighted by Gasteiger charge is 2.19. The molecular formula is C76H140O6. The molecule has 0 heterocycles. The molecule has 0 radical (unpaired) electrons. The van der Waals surface area contributed by atoms with Crippen LogP contribution in [0.5, 0.6) is 0 Å². The van der Waals surface area contributed by atoms with Crippen molar-refractivity contribution in [3.8, 4) is 0 Å². The minimum absolute atomic E-state index is 0.0688. The predicted octanol–water partition coefficient (Wildman–Crippen LogP) is 25.3. The third-order valence-electron chi connectivity index (χ3n) is 16.6. The molecule has 0 N–H and O–H groups in total. The maximum absolute atomic E-state index is 12.9. The smallest absolute Gasteiger partial charge is 0.306 e. The van der Waals surface area contributed by atoms with E-state index in [0.717, 1.165) is 70.6 Å². The monoisotopic (exact) mass is 1150 g/mol. The van der Waals surface area contributed by atoms with Gasteiger partial charge in [0, 0.05) is 19.3 Å². The zero-order valence-corrected chi connectivity index (χ0v) is 55.3. The van der Waals surface area contributed by atoms with Gasteiger partial charge in [0.1, 0.15) is 13.2 Å². The van der Waals surface area contributed by atoms with Gasteiger partial charge in [-0.3, -0.25) is 14.4 Å². The minimum Gasteiger partial charge on any atom is -0.462 e. The fourth-order valence-corrected chi connectivity index (χ4v) is 11.0. The average molecular weight is 1150 g/mol. The lowest BCUT2D eigenvalue weighted by Crippen LogP contribution is -2.30. The maximum atomic E-state index is 12.9. The van der Waals surface area contributed by atoms with E-state index in [-0.39, 0.29) is 31.1 Å². The molecule has 82 heavy (non-hydrogen) atoms. The van der Waals surface area contributed by atoms with Gasteiger partial charge in [-0.15, -0.1) is 0 Å². The number of unbranched alkanes of at least 4 members (excludes halogenated alkanes) is 49. The zero-order valence-electron chi connectivity index (χ0n) is 55.3. The molecule has 0 amide bonds. The van der Waals surface area contributed by atoms with Crippen molar-refractivity contribution in [3.63, 3.8) is 0 Å². The van der Waals surface area contributed by atoms with Gasteiger partial charge in [0.25, 0.3) is 0 Å². The van der Waals surface area contributed by atoms with Crippen LogP contribution in [0.1, 0.15) is 400 Å². The summed E-state index contributed by atoms with van der Waals surface area (Å²) in [6.45, 7) is 6.63. The van der Waals surface area contributed by atoms with Crippen LogP contribution >= 0.6 is 0 Å². The van der Waals surface area contributed by atoms with Crippen LogP contribution in [0.2, 0.25) is 0 Å². The summed E-state index contributed by atoms with van der Waals surface area (Å²) in [7, 11) is 0. The van der Waals surface area contributed by atoms with Gasteiger partial charge in [-0.25, -0.2) is 0 Å². The molecular weight excluding hydrogens is 1010 g/mol. The standard InChI is InChI=1S/C76H140O6/c1-4-7-10-13-16-18-20-22-24-26-28-30-32-34-36-38-40-42-44-46-48-50-52-54-56-58-60-63-66-69-75(78)81-72-73(71-80-74(77)68-65-62-15-12-9-6-3)82-76(79)70-67-64-61-59-57-55-53-51-49-47-45-43-41-39-37-35-33-31-29-27-25-23-21-19-17-14-11-8-5-2/h20,22,26-29,32,34,73H,4-19,21,23-25,30-31,33,35-72H2,1-3H3/b22-20-,28-26-,29-27-,34-32-. The quantitative estimate of drug-likeness (QED) is 0.0261. The largest absolute Gasteiger partial charge is 0.462 e. The van der Waals surface area contributed by atoms with Crippen LogP contribution in [0, 0.1) is 0 Å². The molecule has 0 saturated carbocycles. The van der Waals surface area contributed by atoms with Gasteiger partial charge in [0.05, 0.1) is 0 Å². The van der Waals surface area contributed by atoms with Crippen LogP contribution in [-0.2, 0) is 28.6 Å². The van der Waals surface area contributed by atoms with Crippen molar-refractivity contribution in [2.45, 2.75) is 406 Å². The van der Waals surface area contributed by atoms with Crippen molar-refractivity contribution in [3.05, 3.63) is 48.6 Å². The van der Waals surface area contributed by atoms with Crippen LogP contribution in [0.15, 0.2) is 48.6 Å². The summed E-state index contributed by atoms with van der Waals surface area (Å²) in [6.07, 6.45) is 90.5. The van der Waals surface area contributed by atoms with E-state index >= 15 is 0 Å². The lowest BCUT2D eigenvalue weighted by Gasteiger charge is -2.18. The van der Waals surface area contributed by atoms with E-state index < -0.39 is 6.10 Å². The first-order valence-corrected chi connectivity index (χ1v) is 36.6.